The summed E-state index contributed by atoms with van der Waals surface area (Å²) in [5, 5.41) is 14.5. The molecule has 1 aliphatic rings. The maximum absolute atomic E-state index is 12.5. The smallest absolute Gasteiger partial charge is 0.264 e. The van der Waals surface area contributed by atoms with Gasteiger partial charge in [0.15, 0.2) is 0 Å². The molecule has 1 saturated carbocycles. The lowest BCUT2D eigenvalue weighted by molar-refractivity contribution is 0.0445. The molecule has 2 aromatic heterocycles. The Kier molecular flexibility index (Phi) is 4.44. The number of hydrogen-bond donors (Lipinski definition) is 2. The van der Waals surface area contributed by atoms with E-state index in [2.05, 4.69) is 15.3 Å². The summed E-state index contributed by atoms with van der Waals surface area (Å²) in [6.07, 6.45) is 5.30. The van der Waals surface area contributed by atoms with E-state index in [4.69, 9.17) is 0 Å². The average molecular weight is 364 g/mol. The second-order valence-corrected chi connectivity index (χ2v) is 7.26. The van der Waals surface area contributed by atoms with Crippen molar-refractivity contribution < 1.29 is 5.11 Å². The van der Waals surface area contributed by atoms with E-state index in [1.807, 2.05) is 37.3 Å². The van der Waals surface area contributed by atoms with Gasteiger partial charge in [-0.25, -0.2) is 9.97 Å². The van der Waals surface area contributed by atoms with Crippen molar-refractivity contribution in [1.29, 1.82) is 0 Å². The molecule has 0 aliphatic heterocycles. The molecular formula is C21H24N4O2. The lowest BCUT2D eigenvalue weighted by atomic mass is 9.91. The van der Waals surface area contributed by atoms with Crippen LogP contribution < -0.4 is 10.9 Å². The number of aromatic nitrogens is 3. The largest absolute Gasteiger partial charge is 0.385 e. The molecule has 0 spiro atoms. The van der Waals surface area contributed by atoms with Crippen LogP contribution in [0.3, 0.4) is 0 Å². The van der Waals surface area contributed by atoms with Crippen molar-refractivity contribution in [2.24, 2.45) is 7.05 Å². The number of nitrogens with one attached hydrogen (secondary N) is 1. The Morgan fingerprint density at radius 3 is 2.59 bits per heavy atom. The summed E-state index contributed by atoms with van der Waals surface area (Å²) in [5.74, 6) is 0.553. The van der Waals surface area contributed by atoms with E-state index in [9.17, 15) is 9.90 Å². The standard InChI is InChI=1S/C21H24N4O2/c1-3-22-19-18-17(23-13-25(2)20(18)26)12-16(24-19)14-6-8-15(9-7-14)21(27)10-4-5-11-21/h6-9,12-13,27H,3-5,10-11H2,1-2H3,(H,22,24). The van der Waals surface area contributed by atoms with Crippen LogP contribution in [-0.4, -0.2) is 26.2 Å². The van der Waals surface area contributed by atoms with Gasteiger partial charge in [-0.2, -0.15) is 0 Å². The molecule has 1 aromatic carbocycles. The SMILES string of the molecule is CCNc1nc(-c2ccc(C3(O)CCCC3)cc2)cc2ncn(C)c(=O)c12. The van der Waals surface area contributed by atoms with E-state index >= 15 is 0 Å². The summed E-state index contributed by atoms with van der Waals surface area (Å²) in [6.45, 7) is 2.63. The molecule has 1 aliphatic carbocycles. The van der Waals surface area contributed by atoms with Crippen molar-refractivity contribution in [1.82, 2.24) is 14.5 Å². The van der Waals surface area contributed by atoms with E-state index in [0.29, 0.717) is 23.3 Å². The van der Waals surface area contributed by atoms with Crippen LogP contribution >= 0.6 is 0 Å². The predicted molar refractivity (Wildman–Crippen MR) is 107 cm³/mol. The highest BCUT2D eigenvalue weighted by Gasteiger charge is 2.32. The van der Waals surface area contributed by atoms with Crippen LogP contribution in [-0.2, 0) is 12.6 Å². The normalized spacial score (nSPS) is 16.0. The lowest BCUT2D eigenvalue weighted by Gasteiger charge is -2.22. The molecule has 140 valence electrons. The minimum Gasteiger partial charge on any atom is -0.385 e. The van der Waals surface area contributed by atoms with Crippen molar-refractivity contribution >= 4 is 16.7 Å². The fourth-order valence-electron chi connectivity index (χ4n) is 3.86. The highest BCUT2D eigenvalue weighted by molar-refractivity contribution is 5.91. The Morgan fingerprint density at radius 1 is 1.22 bits per heavy atom. The summed E-state index contributed by atoms with van der Waals surface area (Å²) in [7, 11) is 1.69. The fourth-order valence-corrected chi connectivity index (χ4v) is 3.86. The van der Waals surface area contributed by atoms with Crippen LogP contribution in [0.25, 0.3) is 22.2 Å². The van der Waals surface area contributed by atoms with Crippen molar-refractivity contribution in [3.8, 4) is 11.3 Å². The maximum Gasteiger partial charge on any atom is 0.264 e. The first kappa shape index (κ1) is 17.7. The molecule has 4 rings (SSSR count). The number of anilines is 1. The molecular weight excluding hydrogens is 340 g/mol. The number of aliphatic hydroxyl groups is 1. The first-order valence-electron chi connectivity index (χ1n) is 9.45. The van der Waals surface area contributed by atoms with Gasteiger partial charge < -0.3 is 15.0 Å². The number of benzene rings is 1. The van der Waals surface area contributed by atoms with Gasteiger partial charge in [0, 0.05) is 19.2 Å². The molecule has 6 nitrogen and oxygen atoms in total. The number of fused-ring (bicyclic) bond motifs is 1. The number of nitrogens with zero attached hydrogens (tertiary/aromatic N) is 3. The van der Waals surface area contributed by atoms with Gasteiger partial charge in [-0.1, -0.05) is 37.1 Å². The van der Waals surface area contributed by atoms with Gasteiger partial charge in [0.05, 0.1) is 23.1 Å². The highest BCUT2D eigenvalue weighted by atomic mass is 16.3. The van der Waals surface area contributed by atoms with E-state index in [-0.39, 0.29) is 5.56 Å². The third kappa shape index (κ3) is 3.10. The third-order valence-corrected chi connectivity index (χ3v) is 5.40. The van der Waals surface area contributed by atoms with Crippen LogP contribution in [0.5, 0.6) is 0 Å². The Hall–Kier alpha value is -2.73. The Morgan fingerprint density at radius 2 is 1.93 bits per heavy atom. The average Bonchev–Trinajstić information content (AvgIpc) is 3.13. The summed E-state index contributed by atoms with van der Waals surface area (Å²) in [5.41, 5.74) is 2.46. The Labute approximate surface area is 157 Å². The van der Waals surface area contributed by atoms with Crippen molar-refractivity contribution in [2.75, 3.05) is 11.9 Å². The number of rotatable bonds is 4. The Bertz CT molecular complexity index is 1030. The monoisotopic (exact) mass is 364 g/mol. The zero-order valence-electron chi connectivity index (χ0n) is 15.7. The summed E-state index contributed by atoms with van der Waals surface area (Å²) in [6, 6.07) is 9.78. The van der Waals surface area contributed by atoms with Gasteiger partial charge in [-0.05, 0) is 31.4 Å². The third-order valence-electron chi connectivity index (χ3n) is 5.40. The van der Waals surface area contributed by atoms with Crippen LogP contribution in [0.1, 0.15) is 38.2 Å². The zero-order valence-corrected chi connectivity index (χ0v) is 15.7. The van der Waals surface area contributed by atoms with Gasteiger partial charge in [-0.15, -0.1) is 0 Å². The van der Waals surface area contributed by atoms with Gasteiger partial charge in [0.2, 0.25) is 0 Å². The van der Waals surface area contributed by atoms with Crippen LogP contribution in [0.2, 0.25) is 0 Å². The molecule has 27 heavy (non-hydrogen) atoms. The molecule has 6 heteroatoms. The van der Waals surface area contributed by atoms with E-state index in [0.717, 1.165) is 42.5 Å². The Balaban J connectivity index is 1.79. The number of hydrogen-bond acceptors (Lipinski definition) is 5. The molecule has 2 N–H and O–H groups in total. The zero-order chi connectivity index (χ0) is 19.0. The molecule has 0 unspecified atom stereocenters. The quantitative estimate of drug-likeness (QED) is 0.743. The second-order valence-electron chi connectivity index (χ2n) is 7.26. The summed E-state index contributed by atoms with van der Waals surface area (Å²) < 4.78 is 1.46. The van der Waals surface area contributed by atoms with Crippen molar-refractivity contribution in [2.45, 2.75) is 38.2 Å². The molecule has 2 heterocycles. The minimum absolute atomic E-state index is 0.117. The molecule has 1 fully saturated rings. The molecule has 0 atom stereocenters. The van der Waals surface area contributed by atoms with Crippen LogP contribution in [0.15, 0.2) is 41.5 Å². The topological polar surface area (TPSA) is 80.0 Å². The van der Waals surface area contributed by atoms with Crippen molar-refractivity contribution in [3.05, 3.63) is 52.6 Å². The van der Waals surface area contributed by atoms with Gasteiger partial charge in [0.1, 0.15) is 11.2 Å². The van der Waals surface area contributed by atoms with E-state index in [1.165, 1.54) is 10.9 Å². The van der Waals surface area contributed by atoms with Gasteiger partial charge >= 0.3 is 0 Å². The molecule has 0 radical (unpaired) electrons. The molecule has 3 aromatic rings. The highest BCUT2D eigenvalue weighted by Crippen LogP contribution is 2.39. The molecule has 0 bridgehead atoms. The van der Waals surface area contributed by atoms with Gasteiger partial charge in [-0.3, -0.25) is 4.79 Å². The first-order valence-corrected chi connectivity index (χ1v) is 9.45. The fraction of sp³-hybridized carbons (Fsp3) is 0.381. The predicted octanol–water partition coefficient (Wildman–Crippen LogP) is 3.19. The van der Waals surface area contributed by atoms with Crippen LogP contribution in [0.4, 0.5) is 5.82 Å². The lowest BCUT2D eigenvalue weighted by Crippen LogP contribution is -2.20. The number of pyridine rings is 1. The number of aryl methyl sites for hydroxylation is 1. The van der Waals surface area contributed by atoms with E-state index in [1.54, 1.807) is 7.05 Å². The van der Waals surface area contributed by atoms with Crippen molar-refractivity contribution in [3.63, 3.8) is 0 Å². The molecule has 0 amide bonds. The summed E-state index contributed by atoms with van der Waals surface area (Å²) >= 11 is 0. The minimum atomic E-state index is -0.696. The second kappa shape index (κ2) is 6.78. The van der Waals surface area contributed by atoms with E-state index < -0.39 is 5.60 Å². The summed E-state index contributed by atoms with van der Waals surface area (Å²) in [4.78, 5) is 21.6. The molecule has 0 saturated heterocycles. The van der Waals surface area contributed by atoms with Crippen LogP contribution in [0, 0.1) is 0 Å². The van der Waals surface area contributed by atoms with Gasteiger partial charge in [0.25, 0.3) is 5.56 Å². The first-order chi connectivity index (χ1) is 13.0. The maximum atomic E-state index is 12.5.